The van der Waals surface area contributed by atoms with Gasteiger partial charge in [-0.25, -0.2) is 4.39 Å². The Bertz CT molecular complexity index is 840. The van der Waals surface area contributed by atoms with Crippen molar-refractivity contribution in [1.82, 2.24) is 10.2 Å². The van der Waals surface area contributed by atoms with Gasteiger partial charge in [0, 0.05) is 23.8 Å². The molecule has 1 aliphatic heterocycles. The number of hydrogen-bond acceptors (Lipinski definition) is 3. The molecule has 1 saturated heterocycles. The van der Waals surface area contributed by atoms with E-state index in [0.29, 0.717) is 17.8 Å². The molecule has 3 rings (SSSR count). The third kappa shape index (κ3) is 5.39. The van der Waals surface area contributed by atoms with Crippen LogP contribution in [-0.4, -0.2) is 42.4 Å². The van der Waals surface area contributed by atoms with Gasteiger partial charge in [0.1, 0.15) is 5.82 Å². The number of nitrogens with one attached hydrogen (secondary N) is 2. The lowest BCUT2D eigenvalue weighted by Gasteiger charge is -2.24. The van der Waals surface area contributed by atoms with Gasteiger partial charge in [0.25, 0.3) is 5.91 Å². The van der Waals surface area contributed by atoms with Crippen molar-refractivity contribution in [2.24, 2.45) is 0 Å². The molecule has 0 spiro atoms. The van der Waals surface area contributed by atoms with Crippen LogP contribution in [0.3, 0.4) is 0 Å². The number of anilines is 1. The number of carbonyl (C=O) groups excluding carboxylic acids is 2. The fourth-order valence-electron chi connectivity index (χ4n) is 3.66. The molecular formula is C22H26FN3O2. The van der Waals surface area contributed by atoms with Gasteiger partial charge in [-0.2, -0.15) is 0 Å². The van der Waals surface area contributed by atoms with Crippen molar-refractivity contribution in [2.45, 2.75) is 32.2 Å². The maximum absolute atomic E-state index is 13.4. The van der Waals surface area contributed by atoms with Crippen LogP contribution in [0.25, 0.3) is 0 Å². The Kier molecular flexibility index (Phi) is 6.76. The molecule has 2 N–H and O–H groups in total. The first-order valence-corrected chi connectivity index (χ1v) is 9.71. The molecule has 6 heteroatoms. The van der Waals surface area contributed by atoms with E-state index >= 15 is 0 Å². The summed E-state index contributed by atoms with van der Waals surface area (Å²) in [4.78, 5) is 26.6. The van der Waals surface area contributed by atoms with Crippen LogP contribution in [0.2, 0.25) is 0 Å². The number of carbonyl (C=O) groups is 2. The smallest absolute Gasteiger partial charge is 0.251 e. The highest BCUT2D eigenvalue weighted by atomic mass is 19.1. The summed E-state index contributed by atoms with van der Waals surface area (Å²) in [6.07, 6.45) is 2.76. The summed E-state index contributed by atoms with van der Waals surface area (Å²) in [5.41, 5.74) is 2.08. The van der Waals surface area contributed by atoms with Gasteiger partial charge in [0.15, 0.2) is 0 Å². The van der Waals surface area contributed by atoms with Crippen LogP contribution in [0.15, 0.2) is 48.5 Å². The molecular weight excluding hydrogens is 357 g/mol. The van der Waals surface area contributed by atoms with E-state index in [-0.39, 0.29) is 30.2 Å². The molecule has 148 valence electrons. The molecule has 0 aliphatic carbocycles. The Balaban J connectivity index is 1.58. The number of hydrogen-bond donors (Lipinski definition) is 2. The van der Waals surface area contributed by atoms with Gasteiger partial charge in [0.2, 0.25) is 5.91 Å². The molecule has 5 nitrogen and oxygen atoms in total. The predicted octanol–water partition coefficient (Wildman–Crippen LogP) is 3.22. The van der Waals surface area contributed by atoms with Crippen LogP contribution in [-0.2, 0) is 11.2 Å². The second-order valence-electron chi connectivity index (χ2n) is 7.09. The first-order valence-electron chi connectivity index (χ1n) is 9.71. The fraction of sp³-hybridized carbons (Fsp3) is 0.364. The van der Waals surface area contributed by atoms with Crippen LogP contribution in [0.4, 0.5) is 10.1 Å². The standard InChI is InChI=1S/C22H26FN3O2/c1-2-24-22(28)17-7-4-9-19(14-17)25-21(27)15-26-11-5-10-20(26)13-16-6-3-8-18(23)12-16/h3-4,6-9,12,14,20H,2,5,10-11,13,15H2,1H3,(H,24,28)(H,25,27). The molecule has 2 aromatic rings. The van der Waals surface area contributed by atoms with Crippen molar-refractivity contribution in [3.8, 4) is 0 Å². The molecule has 1 heterocycles. The normalized spacial score (nSPS) is 16.7. The summed E-state index contributed by atoms with van der Waals surface area (Å²) in [5.74, 6) is -0.501. The quantitative estimate of drug-likeness (QED) is 0.772. The first-order chi connectivity index (χ1) is 13.5. The summed E-state index contributed by atoms with van der Waals surface area (Å²) in [5, 5.41) is 5.63. The SMILES string of the molecule is CCNC(=O)c1cccc(NC(=O)CN2CCCC2Cc2cccc(F)c2)c1. The van der Waals surface area contributed by atoms with E-state index in [9.17, 15) is 14.0 Å². The van der Waals surface area contributed by atoms with Gasteiger partial charge in [-0.05, 0) is 68.6 Å². The molecule has 0 radical (unpaired) electrons. The number of halogens is 1. The molecule has 1 unspecified atom stereocenters. The zero-order valence-electron chi connectivity index (χ0n) is 16.1. The van der Waals surface area contributed by atoms with Crippen molar-refractivity contribution in [3.63, 3.8) is 0 Å². The molecule has 1 aliphatic rings. The van der Waals surface area contributed by atoms with E-state index in [2.05, 4.69) is 15.5 Å². The Hall–Kier alpha value is -2.73. The molecule has 0 bridgehead atoms. The summed E-state index contributed by atoms with van der Waals surface area (Å²) in [7, 11) is 0. The highest BCUT2D eigenvalue weighted by Gasteiger charge is 2.26. The van der Waals surface area contributed by atoms with Crippen molar-refractivity contribution < 1.29 is 14.0 Å². The van der Waals surface area contributed by atoms with Gasteiger partial charge >= 0.3 is 0 Å². The van der Waals surface area contributed by atoms with Crippen LogP contribution < -0.4 is 10.6 Å². The minimum absolute atomic E-state index is 0.112. The van der Waals surface area contributed by atoms with Crippen LogP contribution in [0.5, 0.6) is 0 Å². The summed E-state index contributed by atoms with van der Waals surface area (Å²) < 4.78 is 13.4. The molecule has 0 saturated carbocycles. The zero-order chi connectivity index (χ0) is 19.9. The lowest BCUT2D eigenvalue weighted by atomic mass is 10.0. The number of rotatable bonds is 7. The van der Waals surface area contributed by atoms with Crippen molar-refractivity contribution in [2.75, 3.05) is 25.0 Å². The number of amides is 2. The average molecular weight is 383 g/mol. The van der Waals surface area contributed by atoms with Crippen molar-refractivity contribution in [3.05, 3.63) is 65.5 Å². The van der Waals surface area contributed by atoms with E-state index in [0.717, 1.165) is 31.4 Å². The summed E-state index contributed by atoms with van der Waals surface area (Å²) >= 11 is 0. The topological polar surface area (TPSA) is 61.4 Å². The monoisotopic (exact) mass is 383 g/mol. The van der Waals surface area contributed by atoms with Gasteiger partial charge < -0.3 is 10.6 Å². The second-order valence-corrected chi connectivity index (χ2v) is 7.09. The minimum Gasteiger partial charge on any atom is -0.352 e. The molecule has 2 aromatic carbocycles. The fourth-order valence-corrected chi connectivity index (χ4v) is 3.66. The highest BCUT2D eigenvalue weighted by Crippen LogP contribution is 2.21. The first kappa shape index (κ1) is 20.0. The second kappa shape index (κ2) is 9.46. The zero-order valence-corrected chi connectivity index (χ0v) is 16.1. The molecule has 1 fully saturated rings. The molecule has 1 atom stereocenters. The lowest BCUT2D eigenvalue weighted by Crippen LogP contribution is -2.37. The maximum Gasteiger partial charge on any atom is 0.251 e. The Morgan fingerprint density at radius 2 is 2.00 bits per heavy atom. The predicted molar refractivity (Wildman–Crippen MR) is 108 cm³/mol. The largest absolute Gasteiger partial charge is 0.352 e. The van der Waals surface area contributed by atoms with E-state index in [4.69, 9.17) is 0 Å². The summed E-state index contributed by atoms with van der Waals surface area (Å²) in [6, 6.07) is 13.8. The number of benzene rings is 2. The van der Waals surface area contributed by atoms with Crippen LogP contribution in [0.1, 0.15) is 35.7 Å². The molecule has 0 aromatic heterocycles. The van der Waals surface area contributed by atoms with E-state index in [1.807, 2.05) is 13.0 Å². The Morgan fingerprint density at radius 3 is 2.79 bits per heavy atom. The van der Waals surface area contributed by atoms with Crippen LogP contribution >= 0.6 is 0 Å². The van der Waals surface area contributed by atoms with Gasteiger partial charge in [-0.15, -0.1) is 0 Å². The Morgan fingerprint density at radius 1 is 1.18 bits per heavy atom. The third-order valence-corrected chi connectivity index (χ3v) is 4.95. The van der Waals surface area contributed by atoms with Gasteiger partial charge in [0.05, 0.1) is 6.54 Å². The van der Waals surface area contributed by atoms with Crippen molar-refractivity contribution in [1.29, 1.82) is 0 Å². The van der Waals surface area contributed by atoms with Gasteiger partial charge in [-0.3, -0.25) is 14.5 Å². The number of likely N-dealkylation sites (tertiary alicyclic amines) is 1. The molecule has 28 heavy (non-hydrogen) atoms. The van der Waals surface area contributed by atoms with Crippen LogP contribution in [0, 0.1) is 5.82 Å². The average Bonchev–Trinajstić information content (AvgIpc) is 3.08. The van der Waals surface area contributed by atoms with Crippen molar-refractivity contribution >= 4 is 17.5 Å². The Labute approximate surface area is 164 Å². The third-order valence-electron chi connectivity index (χ3n) is 4.95. The van der Waals surface area contributed by atoms with E-state index in [1.54, 1.807) is 36.4 Å². The van der Waals surface area contributed by atoms with Gasteiger partial charge in [-0.1, -0.05) is 18.2 Å². The maximum atomic E-state index is 13.4. The summed E-state index contributed by atoms with van der Waals surface area (Å²) in [6.45, 7) is 3.55. The van der Waals surface area contributed by atoms with E-state index < -0.39 is 0 Å². The van der Waals surface area contributed by atoms with E-state index in [1.165, 1.54) is 6.07 Å². The minimum atomic E-state index is -0.230. The molecule has 2 amide bonds. The number of nitrogens with zero attached hydrogens (tertiary/aromatic N) is 1. The highest BCUT2D eigenvalue weighted by molar-refractivity contribution is 5.97. The lowest BCUT2D eigenvalue weighted by molar-refractivity contribution is -0.117.